The van der Waals surface area contributed by atoms with Gasteiger partial charge in [0, 0.05) is 11.4 Å². The Morgan fingerprint density at radius 1 is 1.22 bits per heavy atom. The average Bonchev–Trinajstić information content (AvgIpc) is 2.86. The lowest BCUT2D eigenvalue weighted by Crippen LogP contribution is -2.10. The second kappa shape index (κ2) is 6.07. The molecule has 0 saturated heterocycles. The van der Waals surface area contributed by atoms with E-state index in [1.54, 1.807) is 11.3 Å². The summed E-state index contributed by atoms with van der Waals surface area (Å²) in [5.41, 5.74) is 3.52. The lowest BCUT2D eigenvalue weighted by atomic mass is 10.1. The maximum Gasteiger partial charge on any atom is 0.169 e. The molecule has 2 aromatic rings. The first-order chi connectivity index (χ1) is 8.72. The molecule has 0 amide bonds. The Labute approximate surface area is 112 Å². The molecule has 0 fully saturated rings. The molecule has 0 saturated carbocycles. The minimum atomic E-state index is 0.859. The summed E-state index contributed by atoms with van der Waals surface area (Å²) < 4.78 is 0. The molecule has 0 aliphatic rings. The maximum absolute atomic E-state index is 4.63. The largest absolute Gasteiger partial charge is 0.320 e. The van der Waals surface area contributed by atoms with Gasteiger partial charge in [-0.2, -0.15) is 0 Å². The zero-order valence-corrected chi connectivity index (χ0v) is 12.0. The standard InChI is InChI=1S/C14H19N3S/c1-10-12(6-4-8-15-3)11(2)17-14(16-10)13-7-5-9-18-13/h5,7,9,15H,4,6,8H2,1-3H3. The van der Waals surface area contributed by atoms with Crippen molar-refractivity contribution in [2.75, 3.05) is 13.6 Å². The number of aromatic nitrogens is 2. The van der Waals surface area contributed by atoms with Crippen molar-refractivity contribution in [1.82, 2.24) is 15.3 Å². The molecule has 2 rings (SSSR count). The molecule has 18 heavy (non-hydrogen) atoms. The summed E-state index contributed by atoms with van der Waals surface area (Å²) in [5, 5.41) is 5.23. The molecule has 0 radical (unpaired) electrons. The summed E-state index contributed by atoms with van der Waals surface area (Å²) in [4.78, 5) is 10.4. The lowest BCUT2D eigenvalue weighted by Gasteiger charge is -2.10. The van der Waals surface area contributed by atoms with Crippen LogP contribution in [0.5, 0.6) is 0 Å². The summed E-state index contributed by atoms with van der Waals surface area (Å²) in [7, 11) is 1.98. The summed E-state index contributed by atoms with van der Waals surface area (Å²) in [6.07, 6.45) is 2.17. The van der Waals surface area contributed by atoms with E-state index in [0.29, 0.717) is 0 Å². The van der Waals surface area contributed by atoms with Gasteiger partial charge < -0.3 is 5.32 Å². The van der Waals surface area contributed by atoms with E-state index in [1.165, 1.54) is 5.56 Å². The van der Waals surface area contributed by atoms with Crippen LogP contribution in [-0.2, 0) is 6.42 Å². The number of aryl methyl sites for hydroxylation is 2. The quantitative estimate of drug-likeness (QED) is 0.841. The van der Waals surface area contributed by atoms with Gasteiger partial charge in [-0.1, -0.05) is 6.07 Å². The monoisotopic (exact) mass is 261 g/mol. The first kappa shape index (κ1) is 13.2. The number of hydrogen-bond donors (Lipinski definition) is 1. The predicted molar refractivity (Wildman–Crippen MR) is 77.1 cm³/mol. The van der Waals surface area contributed by atoms with Crippen LogP contribution in [0.25, 0.3) is 10.7 Å². The highest BCUT2D eigenvalue weighted by Gasteiger charge is 2.10. The third-order valence-corrected chi connectivity index (χ3v) is 3.88. The van der Waals surface area contributed by atoms with Crippen molar-refractivity contribution in [3.05, 3.63) is 34.5 Å². The van der Waals surface area contributed by atoms with E-state index < -0.39 is 0 Å². The summed E-state index contributed by atoms with van der Waals surface area (Å²) in [5.74, 6) is 0.859. The van der Waals surface area contributed by atoms with Crippen molar-refractivity contribution in [2.45, 2.75) is 26.7 Å². The minimum Gasteiger partial charge on any atom is -0.320 e. The molecule has 0 spiro atoms. The number of hydrogen-bond acceptors (Lipinski definition) is 4. The number of thiophene rings is 1. The molecule has 0 aromatic carbocycles. The number of rotatable bonds is 5. The minimum absolute atomic E-state index is 0.859. The zero-order valence-electron chi connectivity index (χ0n) is 11.2. The third kappa shape index (κ3) is 2.94. The Morgan fingerprint density at radius 2 is 1.94 bits per heavy atom. The molecule has 2 aromatic heterocycles. The van der Waals surface area contributed by atoms with Gasteiger partial charge in [0.2, 0.25) is 0 Å². The van der Waals surface area contributed by atoms with Crippen LogP contribution in [0, 0.1) is 13.8 Å². The van der Waals surface area contributed by atoms with Crippen molar-refractivity contribution in [3.8, 4) is 10.7 Å². The van der Waals surface area contributed by atoms with Gasteiger partial charge >= 0.3 is 0 Å². The van der Waals surface area contributed by atoms with Crippen LogP contribution in [0.4, 0.5) is 0 Å². The fourth-order valence-electron chi connectivity index (χ4n) is 2.06. The van der Waals surface area contributed by atoms with E-state index >= 15 is 0 Å². The Kier molecular flexibility index (Phi) is 4.44. The van der Waals surface area contributed by atoms with Gasteiger partial charge in [0.1, 0.15) is 0 Å². The van der Waals surface area contributed by atoms with Gasteiger partial charge in [0.25, 0.3) is 0 Å². The van der Waals surface area contributed by atoms with Gasteiger partial charge in [-0.15, -0.1) is 11.3 Å². The Morgan fingerprint density at radius 3 is 2.50 bits per heavy atom. The smallest absolute Gasteiger partial charge is 0.169 e. The molecule has 0 unspecified atom stereocenters. The molecule has 4 heteroatoms. The summed E-state index contributed by atoms with van der Waals surface area (Å²) in [6.45, 7) is 5.20. The lowest BCUT2D eigenvalue weighted by molar-refractivity contribution is 0.715. The van der Waals surface area contributed by atoms with Crippen LogP contribution >= 0.6 is 11.3 Å². The van der Waals surface area contributed by atoms with E-state index in [0.717, 1.165) is 41.5 Å². The van der Waals surface area contributed by atoms with Crippen LogP contribution in [0.15, 0.2) is 17.5 Å². The predicted octanol–water partition coefficient (Wildman–Crippen LogP) is 2.97. The Bertz CT molecular complexity index is 483. The third-order valence-electron chi connectivity index (χ3n) is 3.02. The highest BCUT2D eigenvalue weighted by molar-refractivity contribution is 7.13. The molecule has 0 aliphatic carbocycles. The molecule has 0 bridgehead atoms. The highest BCUT2D eigenvalue weighted by Crippen LogP contribution is 2.23. The van der Waals surface area contributed by atoms with E-state index in [4.69, 9.17) is 0 Å². The normalized spacial score (nSPS) is 10.8. The Hall–Kier alpha value is -1.26. The molecule has 2 heterocycles. The van der Waals surface area contributed by atoms with Crippen LogP contribution in [0.1, 0.15) is 23.4 Å². The Balaban J connectivity index is 2.24. The fraction of sp³-hybridized carbons (Fsp3) is 0.429. The van der Waals surface area contributed by atoms with Crippen molar-refractivity contribution < 1.29 is 0 Å². The second-order valence-corrected chi connectivity index (χ2v) is 5.33. The summed E-state index contributed by atoms with van der Waals surface area (Å²) >= 11 is 1.69. The van der Waals surface area contributed by atoms with Gasteiger partial charge in [0.05, 0.1) is 4.88 Å². The van der Waals surface area contributed by atoms with E-state index in [1.807, 2.05) is 13.1 Å². The van der Waals surface area contributed by atoms with Crippen molar-refractivity contribution in [2.24, 2.45) is 0 Å². The second-order valence-electron chi connectivity index (χ2n) is 4.38. The number of nitrogens with one attached hydrogen (secondary N) is 1. The molecule has 1 N–H and O–H groups in total. The van der Waals surface area contributed by atoms with E-state index in [-0.39, 0.29) is 0 Å². The van der Waals surface area contributed by atoms with Crippen molar-refractivity contribution in [3.63, 3.8) is 0 Å². The van der Waals surface area contributed by atoms with Crippen molar-refractivity contribution >= 4 is 11.3 Å². The molecule has 3 nitrogen and oxygen atoms in total. The molecule has 96 valence electrons. The van der Waals surface area contributed by atoms with Crippen LogP contribution in [0.2, 0.25) is 0 Å². The van der Waals surface area contributed by atoms with Crippen LogP contribution in [-0.4, -0.2) is 23.6 Å². The molecule has 0 aliphatic heterocycles. The van der Waals surface area contributed by atoms with Crippen molar-refractivity contribution in [1.29, 1.82) is 0 Å². The first-order valence-corrected chi connectivity index (χ1v) is 7.13. The van der Waals surface area contributed by atoms with E-state index in [2.05, 4.69) is 40.6 Å². The van der Waals surface area contributed by atoms with Gasteiger partial charge in [-0.25, -0.2) is 9.97 Å². The highest BCUT2D eigenvalue weighted by atomic mass is 32.1. The SMILES string of the molecule is CNCCCc1c(C)nc(-c2cccs2)nc1C. The van der Waals surface area contributed by atoms with Gasteiger partial charge in [-0.3, -0.25) is 0 Å². The first-order valence-electron chi connectivity index (χ1n) is 6.25. The maximum atomic E-state index is 4.63. The van der Waals surface area contributed by atoms with Gasteiger partial charge in [0.15, 0.2) is 5.82 Å². The zero-order chi connectivity index (χ0) is 13.0. The van der Waals surface area contributed by atoms with Crippen LogP contribution in [0.3, 0.4) is 0 Å². The molecular weight excluding hydrogens is 242 g/mol. The summed E-state index contributed by atoms with van der Waals surface area (Å²) in [6, 6.07) is 4.11. The topological polar surface area (TPSA) is 37.8 Å². The average molecular weight is 261 g/mol. The molecule has 0 atom stereocenters. The molecular formula is C14H19N3S. The van der Waals surface area contributed by atoms with Crippen LogP contribution < -0.4 is 5.32 Å². The van der Waals surface area contributed by atoms with Gasteiger partial charge in [-0.05, 0) is 57.3 Å². The fourth-order valence-corrected chi connectivity index (χ4v) is 2.72. The number of nitrogens with zero attached hydrogens (tertiary/aromatic N) is 2. The van der Waals surface area contributed by atoms with E-state index in [9.17, 15) is 0 Å².